The van der Waals surface area contributed by atoms with Crippen LogP contribution in [0.15, 0.2) is 36.4 Å². The summed E-state index contributed by atoms with van der Waals surface area (Å²) in [4.78, 5) is 11.7. The smallest absolute Gasteiger partial charge is 0.231 e. The number of benzene rings is 1. The van der Waals surface area contributed by atoms with Gasteiger partial charge >= 0.3 is 0 Å². The molecule has 2 fully saturated rings. The normalized spacial score (nSPS) is 22.9. The zero-order valence-corrected chi connectivity index (χ0v) is 20.3. The van der Waals surface area contributed by atoms with Crippen molar-refractivity contribution in [3.63, 3.8) is 0 Å². The van der Waals surface area contributed by atoms with Gasteiger partial charge in [-0.05, 0) is 55.8 Å². The van der Waals surface area contributed by atoms with Gasteiger partial charge in [-0.2, -0.15) is 4.98 Å². The van der Waals surface area contributed by atoms with Gasteiger partial charge in [-0.1, -0.05) is 44.2 Å². The summed E-state index contributed by atoms with van der Waals surface area (Å²) < 4.78 is 5.65. The number of hydrogen-bond acceptors (Lipinski definition) is 5. The van der Waals surface area contributed by atoms with Crippen molar-refractivity contribution in [1.82, 2.24) is 15.3 Å². The van der Waals surface area contributed by atoms with Gasteiger partial charge in [0.1, 0.15) is 5.82 Å². The molecule has 2 atom stereocenters. The molecule has 0 bridgehead atoms. The van der Waals surface area contributed by atoms with Crippen LogP contribution < -0.4 is 15.5 Å². The van der Waals surface area contributed by atoms with Crippen LogP contribution in [-0.2, 0) is 10.2 Å². The number of aromatic nitrogens is 2. The second-order valence-corrected chi connectivity index (χ2v) is 10.0. The van der Waals surface area contributed by atoms with Crippen LogP contribution >= 0.6 is 12.2 Å². The van der Waals surface area contributed by atoms with E-state index in [2.05, 4.69) is 70.8 Å². The number of nitrogens with zero attached hydrogens (tertiary/aromatic N) is 3. The quantitative estimate of drug-likeness (QED) is 0.655. The van der Waals surface area contributed by atoms with Crippen LogP contribution in [0.5, 0.6) is 0 Å². The van der Waals surface area contributed by atoms with E-state index >= 15 is 0 Å². The van der Waals surface area contributed by atoms with Crippen molar-refractivity contribution in [2.75, 3.05) is 43.1 Å². The molecule has 0 spiro atoms. The summed E-state index contributed by atoms with van der Waals surface area (Å²) in [7, 11) is 0. The van der Waals surface area contributed by atoms with Crippen LogP contribution in [0.4, 0.5) is 11.8 Å². The van der Waals surface area contributed by atoms with E-state index < -0.39 is 0 Å². The molecule has 2 aromatic rings. The number of hydrogen-bond donors (Lipinski definition) is 2. The molecular formula is C25H35N5OS. The Labute approximate surface area is 197 Å². The molecule has 1 aromatic heterocycles. The summed E-state index contributed by atoms with van der Waals surface area (Å²) >= 11 is 5.64. The third-order valence-electron chi connectivity index (χ3n) is 6.68. The molecule has 2 aliphatic rings. The van der Waals surface area contributed by atoms with Crippen molar-refractivity contribution in [3.8, 4) is 0 Å². The predicted molar refractivity (Wildman–Crippen MR) is 134 cm³/mol. The van der Waals surface area contributed by atoms with E-state index in [-0.39, 0.29) is 5.41 Å². The van der Waals surface area contributed by atoms with Crippen molar-refractivity contribution < 1.29 is 4.74 Å². The maximum atomic E-state index is 5.65. The Bertz CT molecular complexity index is 906. The second kappa shape index (κ2) is 10.1. The highest BCUT2D eigenvalue weighted by Crippen LogP contribution is 2.34. The highest BCUT2D eigenvalue weighted by Gasteiger charge is 2.34. The van der Waals surface area contributed by atoms with Gasteiger partial charge in [-0.3, -0.25) is 0 Å². The van der Waals surface area contributed by atoms with Gasteiger partial charge in [0.05, 0.1) is 0 Å². The first-order valence-corrected chi connectivity index (χ1v) is 12.1. The Morgan fingerprint density at radius 1 is 1.12 bits per heavy atom. The molecule has 32 heavy (non-hydrogen) atoms. The van der Waals surface area contributed by atoms with E-state index in [1.807, 2.05) is 6.92 Å². The first-order chi connectivity index (χ1) is 15.4. The fourth-order valence-electron chi connectivity index (χ4n) is 5.14. The number of anilines is 2. The highest BCUT2D eigenvalue weighted by molar-refractivity contribution is 7.80. The van der Waals surface area contributed by atoms with E-state index in [0.29, 0.717) is 22.9 Å². The van der Waals surface area contributed by atoms with E-state index in [1.54, 1.807) is 0 Å². The third kappa shape index (κ3) is 5.56. The topological polar surface area (TPSA) is 62.3 Å². The van der Waals surface area contributed by atoms with Crippen LogP contribution in [0.1, 0.15) is 44.4 Å². The second-order valence-electron chi connectivity index (χ2n) is 9.61. The molecule has 2 N–H and O–H groups in total. The summed E-state index contributed by atoms with van der Waals surface area (Å²) in [5.74, 6) is 2.87. The molecule has 0 unspecified atom stereocenters. The number of rotatable bonds is 5. The molecule has 4 rings (SSSR count). The molecule has 1 aromatic carbocycles. The van der Waals surface area contributed by atoms with Gasteiger partial charge in [-0.25, -0.2) is 4.98 Å². The van der Waals surface area contributed by atoms with Crippen molar-refractivity contribution in [1.29, 1.82) is 0 Å². The Morgan fingerprint density at radius 3 is 2.50 bits per heavy atom. The Balaban J connectivity index is 1.43. The van der Waals surface area contributed by atoms with Crippen LogP contribution in [0.25, 0.3) is 0 Å². The monoisotopic (exact) mass is 453 g/mol. The van der Waals surface area contributed by atoms with Crippen molar-refractivity contribution in [3.05, 3.63) is 47.7 Å². The summed E-state index contributed by atoms with van der Waals surface area (Å²) in [6.45, 7) is 11.0. The standard InChI is InChI=1S/C25H35N5OS/c1-18-13-19(2)16-30(15-18)22-14-20(3)27-23(28-22)29-24(32)26-17-25(9-11-31-12-10-25)21-7-5-4-6-8-21/h4-8,14,18-19H,9-13,15-17H2,1-3H3,(H2,26,27,28,29,32)/t18-,19+. The number of thiocarbonyl (C=S) groups is 1. The molecule has 0 saturated carbocycles. The SMILES string of the molecule is Cc1cc(N2C[C@H](C)C[C@H](C)C2)nc(NC(=S)NCC2(c3ccccc3)CCOCC2)n1. The Morgan fingerprint density at radius 2 is 1.81 bits per heavy atom. The molecule has 6 nitrogen and oxygen atoms in total. The molecular weight excluding hydrogens is 418 g/mol. The van der Waals surface area contributed by atoms with Crippen LogP contribution in [0.2, 0.25) is 0 Å². The van der Waals surface area contributed by atoms with E-state index in [0.717, 1.165) is 57.2 Å². The van der Waals surface area contributed by atoms with E-state index in [1.165, 1.54) is 12.0 Å². The van der Waals surface area contributed by atoms with Crippen LogP contribution in [0, 0.1) is 18.8 Å². The third-order valence-corrected chi connectivity index (χ3v) is 6.93. The maximum Gasteiger partial charge on any atom is 0.231 e. The molecule has 2 saturated heterocycles. The van der Waals surface area contributed by atoms with Gasteiger partial charge in [0, 0.05) is 50.0 Å². The number of piperidine rings is 1. The first kappa shape index (κ1) is 22.9. The summed E-state index contributed by atoms with van der Waals surface area (Å²) in [6, 6.07) is 12.8. The zero-order valence-electron chi connectivity index (χ0n) is 19.4. The first-order valence-electron chi connectivity index (χ1n) is 11.7. The van der Waals surface area contributed by atoms with Crippen LogP contribution in [-0.4, -0.2) is 47.9 Å². The molecule has 2 aliphatic heterocycles. The molecule has 0 aliphatic carbocycles. The van der Waals surface area contributed by atoms with Crippen molar-refractivity contribution >= 4 is 29.1 Å². The van der Waals surface area contributed by atoms with Gasteiger partial charge in [0.25, 0.3) is 0 Å². The number of nitrogens with one attached hydrogen (secondary N) is 2. The lowest BCUT2D eigenvalue weighted by Gasteiger charge is -2.38. The average molecular weight is 454 g/mol. The lowest BCUT2D eigenvalue weighted by atomic mass is 9.74. The largest absolute Gasteiger partial charge is 0.381 e. The molecule has 7 heteroatoms. The van der Waals surface area contributed by atoms with Crippen molar-refractivity contribution in [2.45, 2.75) is 45.4 Å². The zero-order chi connectivity index (χ0) is 22.6. The van der Waals surface area contributed by atoms with Gasteiger partial charge in [0.15, 0.2) is 5.11 Å². The summed E-state index contributed by atoms with van der Waals surface area (Å²) in [5, 5.41) is 7.24. The molecule has 0 amide bonds. The Kier molecular flexibility index (Phi) is 7.26. The van der Waals surface area contributed by atoms with E-state index in [9.17, 15) is 0 Å². The number of aryl methyl sites for hydroxylation is 1. The minimum absolute atomic E-state index is 0.0178. The summed E-state index contributed by atoms with van der Waals surface area (Å²) in [5.41, 5.74) is 2.29. The maximum absolute atomic E-state index is 5.65. The van der Waals surface area contributed by atoms with Gasteiger partial charge in [-0.15, -0.1) is 0 Å². The predicted octanol–water partition coefficient (Wildman–Crippen LogP) is 4.30. The molecule has 172 valence electrons. The lowest BCUT2D eigenvalue weighted by Crippen LogP contribution is -2.45. The molecule has 0 radical (unpaired) electrons. The van der Waals surface area contributed by atoms with Gasteiger partial charge < -0.3 is 20.3 Å². The summed E-state index contributed by atoms with van der Waals surface area (Å²) in [6.07, 6.45) is 3.22. The average Bonchev–Trinajstić information content (AvgIpc) is 2.78. The minimum Gasteiger partial charge on any atom is -0.381 e. The fourth-order valence-corrected chi connectivity index (χ4v) is 5.30. The van der Waals surface area contributed by atoms with Gasteiger partial charge in [0.2, 0.25) is 5.95 Å². The van der Waals surface area contributed by atoms with Crippen molar-refractivity contribution in [2.24, 2.45) is 11.8 Å². The Hall–Kier alpha value is -2.25. The van der Waals surface area contributed by atoms with E-state index in [4.69, 9.17) is 21.9 Å². The highest BCUT2D eigenvalue weighted by atomic mass is 32.1. The minimum atomic E-state index is 0.0178. The molecule has 3 heterocycles. The number of ether oxygens (including phenoxy) is 1. The van der Waals surface area contributed by atoms with Crippen LogP contribution in [0.3, 0.4) is 0 Å². The fraction of sp³-hybridized carbons (Fsp3) is 0.560. The lowest BCUT2D eigenvalue weighted by molar-refractivity contribution is 0.0515.